The van der Waals surface area contributed by atoms with Gasteiger partial charge >= 0.3 is 6.03 Å². The molecule has 0 saturated carbocycles. The SMILES string of the molecule is C=C(Nc1ccc(NC(C)=O)cc1)[C@H]1C(=O)NC(=O)N(c2ccccc2)C1=O. The third kappa shape index (κ3) is 3.90. The molecule has 28 heavy (non-hydrogen) atoms. The summed E-state index contributed by atoms with van der Waals surface area (Å²) in [7, 11) is 0. The number of nitrogens with zero attached hydrogens (tertiary/aromatic N) is 1. The van der Waals surface area contributed by atoms with Gasteiger partial charge in [0.05, 0.1) is 5.69 Å². The highest BCUT2D eigenvalue weighted by atomic mass is 16.2. The zero-order valence-corrected chi connectivity index (χ0v) is 15.1. The number of anilines is 3. The van der Waals surface area contributed by atoms with Crippen molar-refractivity contribution in [2.24, 2.45) is 5.92 Å². The Morgan fingerprint density at radius 3 is 2.11 bits per heavy atom. The number of benzene rings is 2. The van der Waals surface area contributed by atoms with Gasteiger partial charge in [0.2, 0.25) is 11.8 Å². The number of hydrogen-bond acceptors (Lipinski definition) is 5. The Hall–Kier alpha value is -3.94. The Balaban J connectivity index is 1.78. The number of amides is 5. The number of imide groups is 2. The van der Waals surface area contributed by atoms with Crippen LogP contribution in [-0.4, -0.2) is 23.8 Å². The molecule has 0 spiro atoms. The number of para-hydroxylation sites is 1. The first-order chi connectivity index (χ1) is 13.4. The summed E-state index contributed by atoms with van der Waals surface area (Å²) in [6, 6.07) is 14.2. The Morgan fingerprint density at radius 1 is 0.964 bits per heavy atom. The molecule has 8 nitrogen and oxygen atoms in total. The summed E-state index contributed by atoms with van der Waals surface area (Å²) in [4.78, 5) is 49.3. The average Bonchev–Trinajstić information content (AvgIpc) is 2.63. The second-order valence-corrected chi connectivity index (χ2v) is 6.15. The van der Waals surface area contributed by atoms with Gasteiger partial charge in [0.1, 0.15) is 0 Å². The van der Waals surface area contributed by atoms with Gasteiger partial charge in [-0.1, -0.05) is 24.8 Å². The third-order valence-corrected chi connectivity index (χ3v) is 4.04. The molecule has 1 saturated heterocycles. The van der Waals surface area contributed by atoms with Gasteiger partial charge in [-0.15, -0.1) is 0 Å². The Morgan fingerprint density at radius 2 is 1.54 bits per heavy atom. The summed E-state index contributed by atoms with van der Waals surface area (Å²) in [5.41, 5.74) is 1.66. The zero-order chi connectivity index (χ0) is 20.3. The number of nitrogens with one attached hydrogen (secondary N) is 3. The maximum absolute atomic E-state index is 12.8. The Bertz CT molecular complexity index is 954. The average molecular weight is 378 g/mol. The first kappa shape index (κ1) is 18.8. The van der Waals surface area contributed by atoms with E-state index >= 15 is 0 Å². The van der Waals surface area contributed by atoms with Crippen molar-refractivity contribution in [1.82, 2.24) is 5.32 Å². The van der Waals surface area contributed by atoms with E-state index in [-0.39, 0.29) is 11.6 Å². The van der Waals surface area contributed by atoms with E-state index in [1.807, 2.05) is 0 Å². The van der Waals surface area contributed by atoms with Crippen LogP contribution in [-0.2, 0) is 14.4 Å². The smallest absolute Gasteiger partial charge is 0.335 e. The summed E-state index contributed by atoms with van der Waals surface area (Å²) in [5, 5.41) is 7.74. The normalized spacial score (nSPS) is 16.4. The molecule has 8 heteroatoms. The minimum atomic E-state index is -1.27. The molecule has 0 radical (unpaired) electrons. The minimum Gasteiger partial charge on any atom is -0.358 e. The van der Waals surface area contributed by atoms with Crippen LogP contribution in [0.1, 0.15) is 6.92 Å². The molecule has 0 aromatic heterocycles. The van der Waals surface area contributed by atoms with Gasteiger partial charge < -0.3 is 10.6 Å². The lowest BCUT2D eigenvalue weighted by Crippen LogP contribution is -2.59. The van der Waals surface area contributed by atoms with Crippen LogP contribution in [0.15, 0.2) is 66.9 Å². The van der Waals surface area contributed by atoms with E-state index < -0.39 is 23.8 Å². The minimum absolute atomic E-state index is 0.128. The number of barbiturate groups is 1. The highest BCUT2D eigenvalue weighted by molar-refractivity contribution is 6.28. The monoisotopic (exact) mass is 378 g/mol. The van der Waals surface area contributed by atoms with Gasteiger partial charge in [-0.2, -0.15) is 0 Å². The fraction of sp³-hybridized carbons (Fsp3) is 0.100. The highest BCUT2D eigenvalue weighted by Crippen LogP contribution is 2.25. The van der Waals surface area contributed by atoms with Gasteiger partial charge in [-0.3, -0.25) is 19.7 Å². The summed E-state index contributed by atoms with van der Waals surface area (Å²) in [6.45, 7) is 5.20. The second kappa shape index (κ2) is 7.75. The summed E-state index contributed by atoms with van der Waals surface area (Å²) in [6.07, 6.45) is 0. The lowest BCUT2D eigenvalue weighted by atomic mass is 10.0. The van der Waals surface area contributed by atoms with Crippen molar-refractivity contribution < 1.29 is 19.2 Å². The van der Waals surface area contributed by atoms with Crippen molar-refractivity contribution in [1.29, 1.82) is 0 Å². The lowest BCUT2D eigenvalue weighted by molar-refractivity contribution is -0.132. The zero-order valence-electron chi connectivity index (χ0n) is 15.1. The predicted molar refractivity (Wildman–Crippen MR) is 104 cm³/mol. The predicted octanol–water partition coefficient (Wildman–Crippen LogP) is 2.47. The molecule has 0 unspecified atom stereocenters. The molecule has 1 heterocycles. The molecule has 0 aliphatic carbocycles. The maximum atomic E-state index is 12.8. The molecular formula is C20H18N4O4. The Kier molecular flexibility index (Phi) is 5.21. The van der Waals surface area contributed by atoms with Crippen molar-refractivity contribution in [3.63, 3.8) is 0 Å². The fourth-order valence-electron chi connectivity index (χ4n) is 2.80. The van der Waals surface area contributed by atoms with Gasteiger partial charge in [0.25, 0.3) is 5.91 Å². The molecule has 1 fully saturated rings. The van der Waals surface area contributed by atoms with Gasteiger partial charge in [-0.05, 0) is 36.4 Å². The molecule has 5 amide bonds. The largest absolute Gasteiger partial charge is 0.358 e. The van der Waals surface area contributed by atoms with E-state index in [1.165, 1.54) is 6.92 Å². The number of urea groups is 1. The molecule has 1 aliphatic heterocycles. The van der Waals surface area contributed by atoms with Crippen molar-refractivity contribution in [2.75, 3.05) is 15.5 Å². The standard InChI is InChI=1S/C20H18N4O4/c1-12(21-14-8-10-15(11-9-14)22-13(2)25)17-18(26)23-20(28)24(19(17)27)16-6-4-3-5-7-16/h3-11,17,21H,1H2,2H3,(H,22,25)(H,23,26,28)/t17-/m0/s1. The van der Waals surface area contributed by atoms with Crippen molar-refractivity contribution in [3.8, 4) is 0 Å². The van der Waals surface area contributed by atoms with Crippen LogP contribution in [0.2, 0.25) is 0 Å². The van der Waals surface area contributed by atoms with E-state index in [4.69, 9.17) is 0 Å². The van der Waals surface area contributed by atoms with Crippen molar-refractivity contribution in [3.05, 3.63) is 66.9 Å². The molecule has 2 aromatic rings. The van der Waals surface area contributed by atoms with Gasteiger partial charge in [0.15, 0.2) is 5.92 Å². The highest BCUT2D eigenvalue weighted by Gasteiger charge is 2.42. The Labute approximate surface area is 161 Å². The van der Waals surface area contributed by atoms with Crippen LogP contribution in [0.3, 0.4) is 0 Å². The van der Waals surface area contributed by atoms with Crippen LogP contribution < -0.4 is 20.9 Å². The van der Waals surface area contributed by atoms with Crippen LogP contribution in [0.25, 0.3) is 0 Å². The molecular weight excluding hydrogens is 360 g/mol. The fourth-order valence-corrected chi connectivity index (χ4v) is 2.80. The number of rotatable bonds is 5. The molecule has 0 bridgehead atoms. The van der Waals surface area contributed by atoms with E-state index in [0.29, 0.717) is 17.1 Å². The van der Waals surface area contributed by atoms with Gasteiger partial charge in [0, 0.05) is 24.0 Å². The van der Waals surface area contributed by atoms with Crippen molar-refractivity contribution >= 4 is 40.8 Å². The number of hydrogen-bond donors (Lipinski definition) is 3. The van der Waals surface area contributed by atoms with Gasteiger partial charge in [-0.25, -0.2) is 9.69 Å². The van der Waals surface area contributed by atoms with Crippen LogP contribution >= 0.6 is 0 Å². The summed E-state index contributed by atoms with van der Waals surface area (Å²) in [5.74, 6) is -2.89. The summed E-state index contributed by atoms with van der Waals surface area (Å²) < 4.78 is 0. The molecule has 2 aromatic carbocycles. The third-order valence-electron chi connectivity index (χ3n) is 4.04. The molecule has 3 N–H and O–H groups in total. The quantitative estimate of drug-likeness (QED) is 0.693. The molecule has 1 atom stereocenters. The second-order valence-electron chi connectivity index (χ2n) is 6.15. The lowest BCUT2D eigenvalue weighted by Gasteiger charge is -2.31. The molecule has 142 valence electrons. The van der Waals surface area contributed by atoms with Crippen LogP contribution in [0, 0.1) is 5.92 Å². The topological polar surface area (TPSA) is 108 Å². The number of carbonyl (C=O) groups is 4. The van der Waals surface area contributed by atoms with Crippen LogP contribution in [0.4, 0.5) is 21.9 Å². The van der Waals surface area contributed by atoms with E-state index in [0.717, 1.165) is 4.90 Å². The van der Waals surface area contributed by atoms with E-state index in [1.54, 1.807) is 54.6 Å². The maximum Gasteiger partial charge on any atom is 0.335 e. The number of carbonyl (C=O) groups excluding carboxylic acids is 4. The first-order valence-electron chi connectivity index (χ1n) is 8.44. The molecule has 1 aliphatic rings. The van der Waals surface area contributed by atoms with E-state index in [9.17, 15) is 19.2 Å². The first-order valence-corrected chi connectivity index (χ1v) is 8.44. The summed E-state index contributed by atoms with van der Waals surface area (Å²) >= 11 is 0. The van der Waals surface area contributed by atoms with Crippen LogP contribution in [0.5, 0.6) is 0 Å². The molecule has 3 rings (SSSR count). The van der Waals surface area contributed by atoms with Crippen molar-refractivity contribution in [2.45, 2.75) is 6.92 Å². The van der Waals surface area contributed by atoms with E-state index in [2.05, 4.69) is 22.5 Å².